The van der Waals surface area contributed by atoms with Crippen molar-refractivity contribution >= 4 is 58.5 Å². The van der Waals surface area contributed by atoms with Crippen molar-refractivity contribution in [2.24, 2.45) is 0 Å². The number of thioether (sulfide) groups is 1. The highest BCUT2D eigenvalue weighted by Gasteiger charge is 2.19. The van der Waals surface area contributed by atoms with Crippen LogP contribution in [0.3, 0.4) is 0 Å². The molecule has 0 aliphatic heterocycles. The van der Waals surface area contributed by atoms with Crippen molar-refractivity contribution in [1.82, 2.24) is 10.3 Å². The molecular formula is C31H27ClN4O3S. The molecule has 3 aromatic carbocycles. The van der Waals surface area contributed by atoms with Gasteiger partial charge in [-0.05, 0) is 66.6 Å². The van der Waals surface area contributed by atoms with Crippen molar-refractivity contribution < 1.29 is 14.4 Å². The number of rotatable bonds is 10. The van der Waals surface area contributed by atoms with Crippen molar-refractivity contribution in [1.29, 1.82) is 0 Å². The maximum absolute atomic E-state index is 13.4. The molecule has 202 valence electrons. The first-order chi connectivity index (χ1) is 19.4. The summed E-state index contributed by atoms with van der Waals surface area (Å²) in [6, 6.07) is 26.3. The van der Waals surface area contributed by atoms with Gasteiger partial charge in [0.05, 0.1) is 5.25 Å². The number of halogens is 1. The highest BCUT2D eigenvalue weighted by molar-refractivity contribution is 8.00. The van der Waals surface area contributed by atoms with E-state index in [1.807, 2.05) is 13.0 Å². The maximum atomic E-state index is 13.4. The van der Waals surface area contributed by atoms with Gasteiger partial charge in [-0.25, -0.2) is 0 Å². The lowest BCUT2D eigenvalue weighted by atomic mass is 10.1. The van der Waals surface area contributed by atoms with Crippen LogP contribution in [0, 0.1) is 0 Å². The van der Waals surface area contributed by atoms with Gasteiger partial charge in [0, 0.05) is 39.3 Å². The summed E-state index contributed by atoms with van der Waals surface area (Å²) < 4.78 is 0. The molecule has 0 saturated carbocycles. The number of carbonyl (C=O) groups is 3. The average Bonchev–Trinajstić information content (AvgIpc) is 2.97. The third-order valence-corrected chi connectivity index (χ3v) is 7.42. The van der Waals surface area contributed by atoms with Gasteiger partial charge >= 0.3 is 0 Å². The summed E-state index contributed by atoms with van der Waals surface area (Å²) in [5.41, 5.74) is 2.21. The molecule has 9 heteroatoms. The van der Waals surface area contributed by atoms with Crippen LogP contribution in [-0.2, 0) is 9.59 Å². The molecule has 7 nitrogen and oxygen atoms in total. The summed E-state index contributed by atoms with van der Waals surface area (Å²) in [6.07, 6.45) is 5.38. The normalized spacial score (nSPS) is 11.8. The minimum atomic E-state index is -0.520. The maximum Gasteiger partial charge on any atom is 0.272 e. The van der Waals surface area contributed by atoms with Gasteiger partial charge in [0.2, 0.25) is 5.91 Å². The molecule has 40 heavy (non-hydrogen) atoms. The van der Waals surface area contributed by atoms with Crippen LogP contribution in [-0.4, -0.2) is 28.0 Å². The van der Waals surface area contributed by atoms with E-state index in [1.165, 1.54) is 17.8 Å². The van der Waals surface area contributed by atoms with E-state index in [-0.39, 0.29) is 16.9 Å². The topological polar surface area (TPSA) is 100 Å². The Hall–Kier alpha value is -4.40. The Balaban J connectivity index is 1.51. The van der Waals surface area contributed by atoms with Crippen LogP contribution in [0.2, 0.25) is 5.02 Å². The summed E-state index contributed by atoms with van der Waals surface area (Å²) >= 11 is 7.72. The molecule has 0 spiro atoms. The van der Waals surface area contributed by atoms with Crippen molar-refractivity contribution in [3.8, 4) is 0 Å². The molecule has 3 amide bonds. The van der Waals surface area contributed by atoms with Gasteiger partial charge in [-0.1, -0.05) is 61.0 Å². The number of nitrogens with zero attached hydrogens (tertiary/aromatic N) is 1. The van der Waals surface area contributed by atoms with Gasteiger partial charge in [-0.15, -0.1) is 11.8 Å². The van der Waals surface area contributed by atoms with Crippen LogP contribution in [0.25, 0.3) is 6.08 Å². The lowest BCUT2D eigenvalue weighted by molar-refractivity contribution is -0.116. The van der Waals surface area contributed by atoms with Gasteiger partial charge < -0.3 is 16.0 Å². The summed E-state index contributed by atoms with van der Waals surface area (Å²) in [7, 11) is 0. The molecule has 3 N–H and O–H groups in total. The smallest absolute Gasteiger partial charge is 0.272 e. The van der Waals surface area contributed by atoms with Crippen molar-refractivity contribution in [3.63, 3.8) is 0 Å². The van der Waals surface area contributed by atoms with Gasteiger partial charge in [-0.3, -0.25) is 19.4 Å². The molecule has 0 saturated heterocycles. The van der Waals surface area contributed by atoms with Crippen molar-refractivity contribution in [2.75, 3.05) is 10.6 Å². The molecule has 4 rings (SSSR count). The number of anilines is 2. The lowest BCUT2D eigenvalue weighted by Crippen LogP contribution is -2.30. The quantitative estimate of drug-likeness (QED) is 0.146. The second kappa shape index (κ2) is 14.1. The number of hydrogen-bond donors (Lipinski definition) is 3. The molecule has 1 atom stereocenters. The molecule has 1 unspecified atom stereocenters. The Morgan fingerprint density at radius 2 is 1.60 bits per heavy atom. The summed E-state index contributed by atoms with van der Waals surface area (Å²) in [4.78, 5) is 43.9. The van der Waals surface area contributed by atoms with Gasteiger partial charge in [0.25, 0.3) is 11.8 Å². The lowest BCUT2D eigenvalue weighted by Gasteiger charge is -2.16. The number of aromatic nitrogens is 1. The fourth-order valence-electron chi connectivity index (χ4n) is 3.68. The van der Waals surface area contributed by atoms with Crippen LogP contribution in [0.5, 0.6) is 0 Å². The third-order valence-electron chi connectivity index (χ3n) is 5.72. The summed E-state index contributed by atoms with van der Waals surface area (Å²) in [6.45, 7) is 1.94. The molecule has 0 radical (unpaired) electrons. The van der Waals surface area contributed by atoms with E-state index in [9.17, 15) is 14.4 Å². The number of nitrogens with one attached hydrogen (secondary N) is 3. The molecule has 1 heterocycles. The minimum absolute atomic E-state index is 0.0307. The molecular weight excluding hydrogens is 544 g/mol. The standard InChI is InChI=1S/C31H27ClN4O3S/c1-2-28(31(39)34-23-15-17-33-18-16-23)40-25-13-8-12-24(20-25)35-30(38)27(19-22-11-6-7-14-26(22)32)36-29(37)21-9-4-3-5-10-21/h3-20,28H,2H2,1H3,(H,35,38)(H,36,37)(H,33,34,39)/b27-19+. The summed E-state index contributed by atoms with van der Waals surface area (Å²) in [5.74, 6) is -1.07. The average molecular weight is 571 g/mol. The van der Waals surface area contributed by atoms with E-state index in [0.717, 1.165) is 4.90 Å². The fraction of sp³-hybridized carbons (Fsp3) is 0.0968. The number of benzene rings is 3. The predicted octanol–water partition coefficient (Wildman–Crippen LogP) is 6.65. The van der Waals surface area contributed by atoms with E-state index in [1.54, 1.807) is 97.3 Å². The van der Waals surface area contributed by atoms with Gasteiger partial charge in [-0.2, -0.15) is 0 Å². The fourth-order valence-corrected chi connectivity index (χ4v) is 4.88. The van der Waals surface area contributed by atoms with Crippen LogP contribution >= 0.6 is 23.4 Å². The second-order valence-corrected chi connectivity index (χ2v) is 10.3. The Kier molecular flexibility index (Phi) is 10.1. The Morgan fingerprint density at radius 1 is 0.875 bits per heavy atom. The van der Waals surface area contributed by atoms with Crippen LogP contribution in [0.4, 0.5) is 11.4 Å². The SMILES string of the molecule is CCC(Sc1cccc(NC(=O)/C(=C\c2ccccc2Cl)NC(=O)c2ccccc2)c1)C(=O)Nc1ccncc1. The number of hydrogen-bond acceptors (Lipinski definition) is 5. The molecule has 0 bridgehead atoms. The molecule has 4 aromatic rings. The highest BCUT2D eigenvalue weighted by atomic mass is 35.5. The van der Waals surface area contributed by atoms with E-state index >= 15 is 0 Å². The van der Waals surface area contributed by atoms with E-state index in [4.69, 9.17) is 11.6 Å². The molecule has 0 fully saturated rings. The predicted molar refractivity (Wildman–Crippen MR) is 161 cm³/mol. The third kappa shape index (κ3) is 8.05. The van der Waals surface area contributed by atoms with Crippen LogP contribution < -0.4 is 16.0 Å². The van der Waals surface area contributed by atoms with Gasteiger partial charge in [0.15, 0.2) is 0 Å². The minimum Gasteiger partial charge on any atom is -0.325 e. The zero-order valence-electron chi connectivity index (χ0n) is 21.6. The van der Waals surface area contributed by atoms with E-state index in [0.29, 0.717) is 33.9 Å². The Morgan fingerprint density at radius 3 is 2.33 bits per heavy atom. The first kappa shape index (κ1) is 28.6. The first-order valence-corrected chi connectivity index (χ1v) is 13.8. The monoisotopic (exact) mass is 570 g/mol. The van der Waals surface area contributed by atoms with Gasteiger partial charge in [0.1, 0.15) is 5.70 Å². The first-order valence-electron chi connectivity index (χ1n) is 12.5. The number of carbonyl (C=O) groups excluding carboxylic acids is 3. The second-order valence-electron chi connectivity index (χ2n) is 8.62. The summed E-state index contributed by atoms with van der Waals surface area (Å²) in [5, 5.41) is 8.57. The Bertz CT molecular complexity index is 1510. The zero-order valence-corrected chi connectivity index (χ0v) is 23.2. The largest absolute Gasteiger partial charge is 0.325 e. The molecule has 0 aliphatic rings. The van der Waals surface area contributed by atoms with E-state index < -0.39 is 11.8 Å². The highest BCUT2D eigenvalue weighted by Crippen LogP contribution is 2.29. The van der Waals surface area contributed by atoms with Crippen molar-refractivity contribution in [2.45, 2.75) is 23.5 Å². The van der Waals surface area contributed by atoms with Crippen molar-refractivity contribution in [3.05, 3.63) is 125 Å². The molecule has 0 aliphatic carbocycles. The Labute approximate surface area is 242 Å². The van der Waals surface area contributed by atoms with Crippen LogP contribution in [0.1, 0.15) is 29.3 Å². The van der Waals surface area contributed by atoms with Crippen LogP contribution in [0.15, 0.2) is 114 Å². The number of pyridine rings is 1. The molecule has 1 aromatic heterocycles. The number of amides is 3. The zero-order chi connectivity index (χ0) is 28.3. The van der Waals surface area contributed by atoms with E-state index in [2.05, 4.69) is 20.9 Å².